The monoisotopic (exact) mass is 814 g/mol. The molecular formula is C62H42N2. The first-order valence-corrected chi connectivity index (χ1v) is 22.0. The number of hydrogen-bond donors (Lipinski definition) is 0. The van der Waals surface area contributed by atoms with Gasteiger partial charge in [-0.2, -0.15) is 0 Å². The van der Waals surface area contributed by atoms with E-state index in [0.29, 0.717) is 0 Å². The molecule has 0 N–H and O–H groups in total. The first kappa shape index (κ1) is 37.3. The van der Waals surface area contributed by atoms with Crippen LogP contribution in [-0.4, -0.2) is 4.57 Å². The number of benzene rings is 11. The summed E-state index contributed by atoms with van der Waals surface area (Å²) in [5.41, 5.74) is 16.4. The lowest BCUT2D eigenvalue weighted by Crippen LogP contribution is -2.10. The molecule has 12 rings (SSSR count). The highest BCUT2D eigenvalue weighted by Gasteiger charge is 2.20. The highest BCUT2D eigenvalue weighted by molar-refractivity contribution is 6.22. The van der Waals surface area contributed by atoms with Crippen LogP contribution in [0.5, 0.6) is 0 Å². The summed E-state index contributed by atoms with van der Waals surface area (Å²) in [6.45, 7) is 0. The van der Waals surface area contributed by atoms with Crippen molar-refractivity contribution < 1.29 is 0 Å². The molecule has 2 heteroatoms. The molecule has 0 saturated carbocycles. The fourth-order valence-electron chi connectivity index (χ4n) is 9.83. The van der Waals surface area contributed by atoms with Crippen LogP contribution < -0.4 is 4.90 Å². The summed E-state index contributed by atoms with van der Waals surface area (Å²) in [6.07, 6.45) is 0. The predicted octanol–water partition coefficient (Wildman–Crippen LogP) is 17.2. The number of aromatic nitrogens is 1. The van der Waals surface area contributed by atoms with Crippen molar-refractivity contribution >= 4 is 60.4 Å². The van der Waals surface area contributed by atoms with Gasteiger partial charge in [0.1, 0.15) is 0 Å². The number of nitrogens with zero attached hydrogens (tertiary/aromatic N) is 2. The molecule has 0 amide bonds. The number of para-hydroxylation sites is 1. The van der Waals surface area contributed by atoms with Gasteiger partial charge in [-0.1, -0.05) is 200 Å². The maximum atomic E-state index is 2.45. The Bertz CT molecular complexity index is 3640. The molecule has 0 spiro atoms. The molecule has 0 bridgehead atoms. The normalized spacial score (nSPS) is 11.4. The smallest absolute Gasteiger partial charge is 0.0619 e. The van der Waals surface area contributed by atoms with Gasteiger partial charge in [0.2, 0.25) is 0 Å². The van der Waals surface area contributed by atoms with Gasteiger partial charge in [0.05, 0.1) is 11.0 Å². The van der Waals surface area contributed by atoms with Crippen LogP contribution in [0.25, 0.3) is 93.5 Å². The van der Waals surface area contributed by atoms with Crippen molar-refractivity contribution in [3.8, 4) is 50.2 Å². The van der Waals surface area contributed by atoms with Crippen molar-refractivity contribution in [2.45, 2.75) is 0 Å². The largest absolute Gasteiger partial charge is 0.310 e. The molecule has 11 aromatic carbocycles. The van der Waals surface area contributed by atoms with Gasteiger partial charge in [-0.25, -0.2) is 0 Å². The molecule has 0 aliphatic carbocycles. The summed E-state index contributed by atoms with van der Waals surface area (Å²) >= 11 is 0. The van der Waals surface area contributed by atoms with Crippen LogP contribution in [0.2, 0.25) is 0 Å². The first-order valence-electron chi connectivity index (χ1n) is 22.0. The average molecular weight is 815 g/mol. The third-order valence-electron chi connectivity index (χ3n) is 12.8. The lowest BCUT2D eigenvalue weighted by Gasteiger charge is -2.27. The Morgan fingerprint density at radius 1 is 0.281 bits per heavy atom. The van der Waals surface area contributed by atoms with Gasteiger partial charge in [0.25, 0.3) is 0 Å². The SMILES string of the molecule is c1ccc(-c2ccccc2-c2ccc(N(c3ccc(-c4cccc5ccccc45)cc3)c3cccc(-c4cccc5c4c4ccc6ccccc6c4n5-c4ccccc4)c3)cc2)cc1. The van der Waals surface area contributed by atoms with Crippen molar-refractivity contribution in [3.63, 3.8) is 0 Å². The van der Waals surface area contributed by atoms with Crippen LogP contribution in [0.1, 0.15) is 0 Å². The van der Waals surface area contributed by atoms with Gasteiger partial charge in [0.15, 0.2) is 0 Å². The van der Waals surface area contributed by atoms with E-state index < -0.39 is 0 Å². The summed E-state index contributed by atoms with van der Waals surface area (Å²) in [4.78, 5) is 2.39. The molecule has 2 nitrogen and oxygen atoms in total. The zero-order chi connectivity index (χ0) is 42.4. The minimum absolute atomic E-state index is 1.08. The van der Waals surface area contributed by atoms with Crippen LogP contribution in [0.3, 0.4) is 0 Å². The van der Waals surface area contributed by atoms with E-state index in [1.54, 1.807) is 0 Å². The third kappa shape index (κ3) is 6.44. The minimum Gasteiger partial charge on any atom is -0.310 e. The van der Waals surface area contributed by atoms with Crippen LogP contribution in [0, 0.1) is 0 Å². The fraction of sp³-hybridized carbons (Fsp3) is 0. The van der Waals surface area contributed by atoms with Crippen molar-refractivity contribution in [1.29, 1.82) is 0 Å². The molecule has 0 aliphatic heterocycles. The van der Waals surface area contributed by atoms with E-state index >= 15 is 0 Å². The summed E-state index contributed by atoms with van der Waals surface area (Å²) < 4.78 is 2.45. The second kappa shape index (κ2) is 15.8. The second-order valence-corrected chi connectivity index (χ2v) is 16.5. The molecule has 1 aromatic heterocycles. The molecule has 64 heavy (non-hydrogen) atoms. The third-order valence-corrected chi connectivity index (χ3v) is 12.8. The molecule has 0 fully saturated rings. The van der Waals surface area contributed by atoms with Crippen molar-refractivity contribution in [2.24, 2.45) is 0 Å². The lowest BCUT2D eigenvalue weighted by molar-refractivity contribution is 1.19. The van der Waals surface area contributed by atoms with E-state index in [0.717, 1.165) is 28.3 Å². The van der Waals surface area contributed by atoms with Gasteiger partial charge in [-0.3, -0.25) is 0 Å². The highest BCUT2D eigenvalue weighted by Crippen LogP contribution is 2.44. The topological polar surface area (TPSA) is 8.17 Å². The zero-order valence-electron chi connectivity index (χ0n) is 35.1. The van der Waals surface area contributed by atoms with Crippen molar-refractivity contribution in [3.05, 3.63) is 255 Å². The molecule has 0 aliphatic rings. The molecule has 12 aromatic rings. The average Bonchev–Trinajstić information content (AvgIpc) is 3.73. The maximum Gasteiger partial charge on any atom is 0.0619 e. The Balaban J connectivity index is 1.02. The Morgan fingerprint density at radius 3 is 1.50 bits per heavy atom. The van der Waals surface area contributed by atoms with E-state index in [2.05, 4.69) is 264 Å². The van der Waals surface area contributed by atoms with Crippen molar-refractivity contribution in [2.75, 3.05) is 4.90 Å². The highest BCUT2D eigenvalue weighted by atomic mass is 15.1. The summed E-state index contributed by atoms with van der Waals surface area (Å²) in [5.74, 6) is 0. The summed E-state index contributed by atoms with van der Waals surface area (Å²) in [5, 5.41) is 7.46. The molecule has 1 heterocycles. The van der Waals surface area contributed by atoms with Crippen LogP contribution in [0.4, 0.5) is 17.1 Å². The van der Waals surface area contributed by atoms with E-state index in [1.165, 1.54) is 82.3 Å². The van der Waals surface area contributed by atoms with Gasteiger partial charge >= 0.3 is 0 Å². The zero-order valence-corrected chi connectivity index (χ0v) is 35.1. The number of hydrogen-bond acceptors (Lipinski definition) is 1. The summed E-state index contributed by atoms with van der Waals surface area (Å²) in [7, 11) is 0. The lowest BCUT2D eigenvalue weighted by atomic mass is 9.94. The molecule has 0 unspecified atom stereocenters. The minimum atomic E-state index is 1.08. The fourth-order valence-corrected chi connectivity index (χ4v) is 9.83. The van der Waals surface area contributed by atoms with Gasteiger partial charge in [-0.15, -0.1) is 0 Å². The molecule has 300 valence electrons. The molecule has 0 saturated heterocycles. The van der Waals surface area contributed by atoms with Gasteiger partial charge in [-0.05, 0) is 115 Å². The second-order valence-electron chi connectivity index (χ2n) is 16.5. The van der Waals surface area contributed by atoms with Crippen LogP contribution >= 0.6 is 0 Å². The molecule has 0 atom stereocenters. The Hall–Kier alpha value is -8.46. The quantitative estimate of drug-likeness (QED) is 0.148. The maximum absolute atomic E-state index is 2.45. The van der Waals surface area contributed by atoms with E-state index in [1.807, 2.05) is 0 Å². The Kier molecular flexibility index (Phi) is 9.20. The van der Waals surface area contributed by atoms with E-state index in [-0.39, 0.29) is 0 Å². The van der Waals surface area contributed by atoms with E-state index in [4.69, 9.17) is 0 Å². The summed E-state index contributed by atoms with van der Waals surface area (Å²) in [6, 6.07) is 92.6. The van der Waals surface area contributed by atoms with Gasteiger partial charge in [0, 0.05) is 38.9 Å². The van der Waals surface area contributed by atoms with Crippen molar-refractivity contribution in [1.82, 2.24) is 4.57 Å². The van der Waals surface area contributed by atoms with E-state index in [9.17, 15) is 0 Å². The van der Waals surface area contributed by atoms with Crippen LogP contribution in [0.15, 0.2) is 255 Å². The molecular weight excluding hydrogens is 773 g/mol. The Labute approximate surface area is 373 Å². The first-order chi connectivity index (χ1) is 31.8. The standard InChI is InChI=1S/C62H42N2/c1-3-16-43(17-4-1)53-26-11-12-27-55(53)46-32-37-50(38-33-46)63(51-39-34-47(35-40-51)56-29-14-20-44-18-7-9-25-54(44)56)52-24-13-21-48(42-52)57-30-15-31-60-61(57)59-41-36-45-19-8-10-28-58(45)62(59)64(60)49-22-5-2-6-23-49/h1-42H. The number of rotatable bonds is 8. The number of fused-ring (bicyclic) bond motifs is 6. The van der Waals surface area contributed by atoms with Crippen LogP contribution in [-0.2, 0) is 0 Å². The Morgan fingerprint density at radius 2 is 0.781 bits per heavy atom. The number of anilines is 3. The predicted molar refractivity (Wildman–Crippen MR) is 272 cm³/mol. The van der Waals surface area contributed by atoms with Gasteiger partial charge < -0.3 is 9.47 Å². The molecule has 0 radical (unpaired) electrons.